The third kappa shape index (κ3) is 2.12. The van der Waals surface area contributed by atoms with Crippen molar-refractivity contribution in [2.45, 2.75) is 13.3 Å². The molecule has 0 bridgehead atoms. The Morgan fingerprint density at radius 3 is 2.48 bits per heavy atom. The second kappa shape index (κ2) is 5.20. The predicted octanol–water partition coefficient (Wildman–Crippen LogP) is 3.05. The van der Waals surface area contributed by atoms with E-state index in [2.05, 4.69) is 12.1 Å². The topological polar surface area (TPSA) is 37.4 Å². The molecule has 3 nitrogen and oxygen atoms in total. The van der Waals surface area contributed by atoms with E-state index in [9.17, 15) is 9.59 Å². The second-order valence-electron chi connectivity index (χ2n) is 6.15. The minimum Gasteiger partial charge on any atom is -0.278 e. The number of hydrogen-bond donors (Lipinski definition) is 0. The minimum absolute atomic E-state index is 0.0940. The standard InChI is InChI=1S/C20H17NO2/c1-13(22)21-12-16-11-15-9-5-6-10-17(15)18(19(16)20(21)23)14-7-3-2-4-8-14/h2-10,16H,11-12H2,1H3/t16-/m1/s1. The zero-order valence-corrected chi connectivity index (χ0v) is 13.0. The lowest BCUT2D eigenvalue weighted by molar-refractivity contribution is -0.138. The molecule has 4 rings (SSSR count). The number of imide groups is 1. The first-order chi connectivity index (χ1) is 11.2. The van der Waals surface area contributed by atoms with Crippen LogP contribution in [0.15, 0.2) is 60.2 Å². The normalized spacial score (nSPS) is 19.6. The fraction of sp³-hybridized carbons (Fsp3) is 0.200. The third-order valence-corrected chi connectivity index (χ3v) is 4.75. The van der Waals surface area contributed by atoms with Crippen molar-refractivity contribution in [2.24, 2.45) is 5.92 Å². The summed E-state index contributed by atoms with van der Waals surface area (Å²) in [5.74, 6) is -0.208. The number of amides is 2. The van der Waals surface area contributed by atoms with E-state index < -0.39 is 0 Å². The van der Waals surface area contributed by atoms with E-state index in [-0.39, 0.29) is 17.7 Å². The van der Waals surface area contributed by atoms with Crippen LogP contribution in [0.5, 0.6) is 0 Å². The molecule has 1 atom stereocenters. The lowest BCUT2D eigenvalue weighted by Crippen LogP contribution is -2.30. The first kappa shape index (κ1) is 13.9. The van der Waals surface area contributed by atoms with Crippen LogP contribution in [0.25, 0.3) is 5.57 Å². The highest BCUT2D eigenvalue weighted by molar-refractivity contribution is 6.13. The SMILES string of the molecule is CC(=O)N1C[C@H]2Cc3ccccc3C(c3ccccc3)=C2C1=O. The summed E-state index contributed by atoms with van der Waals surface area (Å²) in [7, 11) is 0. The average molecular weight is 303 g/mol. The van der Waals surface area contributed by atoms with E-state index in [4.69, 9.17) is 0 Å². The zero-order valence-electron chi connectivity index (χ0n) is 13.0. The van der Waals surface area contributed by atoms with Gasteiger partial charge in [0.1, 0.15) is 0 Å². The lowest BCUT2D eigenvalue weighted by Gasteiger charge is -2.24. The highest BCUT2D eigenvalue weighted by atomic mass is 16.2. The molecular weight excluding hydrogens is 286 g/mol. The minimum atomic E-state index is -0.173. The molecule has 0 spiro atoms. The maximum absolute atomic E-state index is 12.8. The van der Waals surface area contributed by atoms with Gasteiger partial charge >= 0.3 is 0 Å². The molecule has 1 fully saturated rings. The van der Waals surface area contributed by atoms with Gasteiger partial charge in [-0.3, -0.25) is 14.5 Å². The number of hydrogen-bond acceptors (Lipinski definition) is 2. The summed E-state index contributed by atoms with van der Waals surface area (Å²) in [4.78, 5) is 26.0. The quantitative estimate of drug-likeness (QED) is 0.812. The summed E-state index contributed by atoms with van der Waals surface area (Å²) < 4.78 is 0. The lowest BCUT2D eigenvalue weighted by atomic mass is 9.77. The van der Waals surface area contributed by atoms with Gasteiger partial charge in [-0.15, -0.1) is 0 Å². The van der Waals surface area contributed by atoms with Gasteiger partial charge in [-0.25, -0.2) is 0 Å². The first-order valence-corrected chi connectivity index (χ1v) is 7.87. The monoisotopic (exact) mass is 303 g/mol. The summed E-state index contributed by atoms with van der Waals surface area (Å²) >= 11 is 0. The van der Waals surface area contributed by atoms with E-state index >= 15 is 0 Å². The Morgan fingerprint density at radius 1 is 1.04 bits per heavy atom. The van der Waals surface area contributed by atoms with Gasteiger partial charge in [0.05, 0.1) is 0 Å². The fourth-order valence-electron chi connectivity index (χ4n) is 3.73. The zero-order chi connectivity index (χ0) is 16.0. The molecule has 2 aliphatic rings. The molecule has 2 aromatic carbocycles. The van der Waals surface area contributed by atoms with Crippen LogP contribution in [0.4, 0.5) is 0 Å². The van der Waals surface area contributed by atoms with E-state index in [0.29, 0.717) is 6.54 Å². The Hall–Kier alpha value is -2.68. The summed E-state index contributed by atoms with van der Waals surface area (Å²) in [6, 6.07) is 18.2. The molecule has 1 heterocycles. The van der Waals surface area contributed by atoms with Crippen molar-refractivity contribution >= 4 is 17.4 Å². The van der Waals surface area contributed by atoms with Gasteiger partial charge in [-0.1, -0.05) is 54.6 Å². The van der Waals surface area contributed by atoms with Crippen LogP contribution in [0.3, 0.4) is 0 Å². The highest BCUT2D eigenvalue weighted by Gasteiger charge is 2.42. The molecule has 0 N–H and O–H groups in total. The molecule has 0 aromatic heterocycles. The van der Waals surface area contributed by atoms with Crippen molar-refractivity contribution in [2.75, 3.05) is 6.54 Å². The van der Waals surface area contributed by atoms with Crippen LogP contribution in [0, 0.1) is 5.92 Å². The molecule has 23 heavy (non-hydrogen) atoms. The highest BCUT2D eigenvalue weighted by Crippen LogP contribution is 2.42. The molecule has 2 aromatic rings. The van der Waals surface area contributed by atoms with Crippen LogP contribution in [-0.4, -0.2) is 23.3 Å². The Bertz CT molecular complexity index is 836. The summed E-state index contributed by atoms with van der Waals surface area (Å²) in [6.07, 6.45) is 0.817. The predicted molar refractivity (Wildman–Crippen MR) is 88.5 cm³/mol. The number of nitrogens with zero attached hydrogens (tertiary/aromatic N) is 1. The number of carbonyl (C=O) groups excluding carboxylic acids is 2. The largest absolute Gasteiger partial charge is 0.278 e. The van der Waals surface area contributed by atoms with Crippen molar-refractivity contribution in [1.82, 2.24) is 4.90 Å². The molecule has 114 valence electrons. The van der Waals surface area contributed by atoms with Gasteiger partial charge in [0.2, 0.25) is 5.91 Å². The van der Waals surface area contributed by atoms with Gasteiger partial charge in [0.15, 0.2) is 0 Å². The molecule has 0 radical (unpaired) electrons. The molecule has 1 aliphatic carbocycles. The van der Waals surface area contributed by atoms with Crippen LogP contribution >= 0.6 is 0 Å². The number of fused-ring (bicyclic) bond motifs is 2. The molecular formula is C20H17NO2. The fourth-order valence-corrected chi connectivity index (χ4v) is 3.73. The van der Waals surface area contributed by atoms with Gasteiger partial charge in [0.25, 0.3) is 5.91 Å². The molecule has 0 unspecified atom stereocenters. The number of likely N-dealkylation sites (tertiary alicyclic amines) is 1. The van der Waals surface area contributed by atoms with Crippen LogP contribution in [0.2, 0.25) is 0 Å². The first-order valence-electron chi connectivity index (χ1n) is 7.87. The van der Waals surface area contributed by atoms with Crippen LogP contribution < -0.4 is 0 Å². The molecule has 1 saturated heterocycles. The van der Waals surface area contributed by atoms with Crippen molar-refractivity contribution in [3.63, 3.8) is 0 Å². The number of carbonyl (C=O) groups is 2. The van der Waals surface area contributed by atoms with Crippen LogP contribution in [-0.2, 0) is 16.0 Å². The van der Waals surface area contributed by atoms with Gasteiger partial charge < -0.3 is 0 Å². The summed E-state index contributed by atoms with van der Waals surface area (Å²) in [5.41, 5.74) is 5.19. The van der Waals surface area contributed by atoms with Crippen molar-refractivity contribution in [1.29, 1.82) is 0 Å². The third-order valence-electron chi connectivity index (χ3n) is 4.75. The maximum Gasteiger partial charge on any atom is 0.257 e. The molecule has 3 heteroatoms. The Kier molecular flexibility index (Phi) is 3.15. The summed E-state index contributed by atoms with van der Waals surface area (Å²) in [6.45, 7) is 1.96. The Labute approximate surface area is 135 Å². The Morgan fingerprint density at radius 2 is 1.74 bits per heavy atom. The van der Waals surface area contributed by atoms with Gasteiger partial charge in [-0.2, -0.15) is 0 Å². The van der Waals surface area contributed by atoms with Crippen molar-refractivity contribution < 1.29 is 9.59 Å². The molecule has 0 saturated carbocycles. The van der Waals surface area contributed by atoms with Crippen molar-refractivity contribution in [3.05, 3.63) is 76.9 Å². The van der Waals surface area contributed by atoms with Gasteiger partial charge in [-0.05, 0) is 28.7 Å². The second-order valence-corrected chi connectivity index (χ2v) is 6.15. The van der Waals surface area contributed by atoms with E-state index in [1.807, 2.05) is 42.5 Å². The van der Waals surface area contributed by atoms with E-state index in [1.165, 1.54) is 17.4 Å². The van der Waals surface area contributed by atoms with E-state index in [0.717, 1.165) is 28.7 Å². The molecule has 2 amide bonds. The number of benzene rings is 2. The Balaban J connectivity index is 1.98. The maximum atomic E-state index is 12.8. The summed E-state index contributed by atoms with van der Waals surface area (Å²) in [5, 5.41) is 0. The van der Waals surface area contributed by atoms with Gasteiger partial charge in [0, 0.05) is 25.0 Å². The average Bonchev–Trinajstić information content (AvgIpc) is 2.90. The van der Waals surface area contributed by atoms with Crippen molar-refractivity contribution in [3.8, 4) is 0 Å². The number of rotatable bonds is 1. The smallest absolute Gasteiger partial charge is 0.257 e. The van der Waals surface area contributed by atoms with E-state index in [1.54, 1.807) is 0 Å². The van der Waals surface area contributed by atoms with Crippen LogP contribution in [0.1, 0.15) is 23.6 Å². The molecule has 1 aliphatic heterocycles.